The molecular formula is BiCl3Cr. The van der Waals surface area contributed by atoms with Crippen molar-refractivity contribution in [1.29, 1.82) is 0 Å². The van der Waals surface area contributed by atoms with Gasteiger partial charge < -0.3 is 0 Å². The zero-order valence-electron chi connectivity index (χ0n) is 1.99. The van der Waals surface area contributed by atoms with Crippen molar-refractivity contribution in [3.63, 3.8) is 0 Å². The van der Waals surface area contributed by atoms with Gasteiger partial charge in [0.2, 0.25) is 0 Å². The van der Waals surface area contributed by atoms with Gasteiger partial charge in [0.1, 0.15) is 0 Å². The Morgan fingerprint density at radius 1 is 1.00 bits per heavy atom. The van der Waals surface area contributed by atoms with Gasteiger partial charge >= 0.3 is 43.7 Å². The predicted octanol–water partition coefficient (Wildman–Crippen LogP) is 1.69. The predicted molar refractivity (Wildman–Crippen MR) is 23.3 cm³/mol. The van der Waals surface area contributed by atoms with E-state index >= 15 is 0 Å². The third-order valence-corrected chi connectivity index (χ3v) is 0. The Kier molecular flexibility index (Phi) is 13.0. The first-order valence-corrected chi connectivity index (χ1v) is 13.3. The summed E-state index contributed by atoms with van der Waals surface area (Å²) in [4.78, 5) is 0. The number of rotatable bonds is 0. The van der Waals surface area contributed by atoms with Crippen molar-refractivity contribution in [2.75, 3.05) is 0 Å². The minimum absolute atomic E-state index is 0. The summed E-state index contributed by atoms with van der Waals surface area (Å²) in [5.74, 6) is 0. The maximum absolute atomic E-state index is 5.01. The molecule has 0 saturated carbocycles. The molecule has 0 saturated heterocycles. The van der Waals surface area contributed by atoms with Crippen molar-refractivity contribution >= 4 is 43.7 Å². The van der Waals surface area contributed by atoms with Crippen molar-refractivity contribution in [2.45, 2.75) is 0 Å². The van der Waals surface area contributed by atoms with Gasteiger partial charge in [0.15, 0.2) is 0 Å². The molecule has 0 bridgehead atoms. The molecule has 5 heavy (non-hydrogen) atoms. The monoisotopic (exact) mass is 366 g/mol. The van der Waals surface area contributed by atoms with Crippen LogP contribution in [-0.4, -0.2) is 18.2 Å². The maximum atomic E-state index is 5.01. The van der Waals surface area contributed by atoms with E-state index in [9.17, 15) is 0 Å². The molecule has 0 fully saturated rings. The first-order chi connectivity index (χ1) is 1.73. The molecule has 5 heteroatoms. The van der Waals surface area contributed by atoms with Crippen LogP contribution in [0.1, 0.15) is 0 Å². The van der Waals surface area contributed by atoms with Crippen LogP contribution in [0.15, 0.2) is 0 Å². The Balaban J connectivity index is 0. The largest absolute Gasteiger partial charge is 0 e. The van der Waals surface area contributed by atoms with E-state index in [1.165, 1.54) is 0 Å². The first-order valence-electron chi connectivity index (χ1n) is 0.507. The molecule has 0 amide bonds. The Morgan fingerprint density at radius 2 is 1.00 bits per heavy atom. The second-order valence-corrected chi connectivity index (χ2v) is 15.1. The standard InChI is InChI=1S/Bi.3ClH.Cr/h;3*1H;/q+3;;;;/p-3. The summed E-state index contributed by atoms with van der Waals surface area (Å²) in [5.41, 5.74) is 0. The summed E-state index contributed by atoms with van der Waals surface area (Å²) in [6, 6.07) is 0. The van der Waals surface area contributed by atoms with Gasteiger partial charge in [-0.25, -0.2) is 0 Å². The summed E-state index contributed by atoms with van der Waals surface area (Å²) in [6.45, 7) is 0. The molecule has 0 spiro atoms. The minimum atomic E-state index is -2.18. The quantitative estimate of drug-likeness (QED) is 0.572. The SMILES string of the molecule is [Cl][Bi]([Cl])[Cl].[Cr]. The Morgan fingerprint density at radius 3 is 1.00 bits per heavy atom. The van der Waals surface area contributed by atoms with E-state index in [0.29, 0.717) is 0 Å². The molecule has 0 radical (unpaired) electrons. The number of halogens is 3. The van der Waals surface area contributed by atoms with E-state index in [0.717, 1.165) is 0 Å². The molecule has 0 rings (SSSR count). The van der Waals surface area contributed by atoms with Crippen molar-refractivity contribution in [3.05, 3.63) is 0 Å². The zero-order chi connectivity index (χ0) is 3.58. The molecule has 0 atom stereocenters. The second-order valence-electron chi connectivity index (χ2n) is 0.192. The third kappa shape index (κ3) is 22.1. The molecule has 0 unspecified atom stereocenters. The van der Waals surface area contributed by atoms with Crippen molar-refractivity contribution in [3.8, 4) is 0 Å². The second kappa shape index (κ2) is 6.29. The molecule has 0 nitrogen and oxygen atoms in total. The Hall–Kier alpha value is 2.29. The van der Waals surface area contributed by atoms with Gasteiger partial charge in [0.25, 0.3) is 0 Å². The molecule has 0 heterocycles. The van der Waals surface area contributed by atoms with E-state index in [1.807, 2.05) is 0 Å². The van der Waals surface area contributed by atoms with Crippen LogP contribution in [0.25, 0.3) is 0 Å². The molecule has 0 aromatic rings. The average molecular weight is 367 g/mol. The van der Waals surface area contributed by atoms with Crippen LogP contribution in [0.2, 0.25) is 0 Å². The summed E-state index contributed by atoms with van der Waals surface area (Å²) in [5, 5.41) is 0. The van der Waals surface area contributed by atoms with Crippen LogP contribution in [0.3, 0.4) is 0 Å². The summed E-state index contributed by atoms with van der Waals surface area (Å²) < 4.78 is 0. The molecule has 0 aromatic carbocycles. The fourth-order valence-corrected chi connectivity index (χ4v) is 0. The molecule has 0 N–H and O–H groups in total. The zero-order valence-corrected chi connectivity index (χ0v) is 9.01. The smallest absolute Gasteiger partial charge is 0 e. The molecule has 0 aliphatic rings. The Labute approximate surface area is 60.2 Å². The van der Waals surface area contributed by atoms with Gasteiger partial charge in [0, 0.05) is 17.4 Å². The fourth-order valence-electron chi connectivity index (χ4n) is 0. The van der Waals surface area contributed by atoms with E-state index in [1.54, 1.807) is 0 Å². The molecule has 0 aliphatic heterocycles. The number of hydrogen-bond acceptors (Lipinski definition) is 0. The first kappa shape index (κ1) is 10.3. The van der Waals surface area contributed by atoms with E-state index in [4.69, 9.17) is 25.5 Å². The van der Waals surface area contributed by atoms with E-state index in [2.05, 4.69) is 0 Å². The summed E-state index contributed by atoms with van der Waals surface area (Å²) in [7, 11) is 15.0. The van der Waals surface area contributed by atoms with Crippen LogP contribution in [0.5, 0.6) is 0 Å². The van der Waals surface area contributed by atoms with Gasteiger partial charge in [-0.15, -0.1) is 0 Å². The summed E-state index contributed by atoms with van der Waals surface area (Å²) >= 11 is -2.18. The van der Waals surface area contributed by atoms with Gasteiger partial charge in [-0.3, -0.25) is 0 Å². The van der Waals surface area contributed by atoms with Crippen LogP contribution < -0.4 is 0 Å². The van der Waals surface area contributed by atoms with Gasteiger partial charge in [0.05, 0.1) is 0 Å². The van der Waals surface area contributed by atoms with Crippen LogP contribution in [-0.2, 0) is 17.4 Å². The summed E-state index contributed by atoms with van der Waals surface area (Å²) in [6.07, 6.45) is 0. The number of hydrogen-bond donors (Lipinski definition) is 0. The van der Waals surface area contributed by atoms with Crippen LogP contribution in [0.4, 0.5) is 0 Å². The fraction of sp³-hybridized carbons (Fsp3) is 0. The molecule has 0 aromatic heterocycles. The maximum Gasteiger partial charge on any atom is 0 e. The molecular weight excluding hydrogens is 367 g/mol. The van der Waals surface area contributed by atoms with Crippen molar-refractivity contribution < 1.29 is 17.4 Å². The van der Waals surface area contributed by atoms with Crippen molar-refractivity contribution in [1.82, 2.24) is 0 Å². The van der Waals surface area contributed by atoms with E-state index < -0.39 is 18.2 Å². The van der Waals surface area contributed by atoms with Gasteiger partial charge in [-0.05, 0) is 0 Å². The van der Waals surface area contributed by atoms with Crippen LogP contribution >= 0.6 is 25.5 Å². The van der Waals surface area contributed by atoms with E-state index in [-0.39, 0.29) is 17.4 Å². The molecule has 32 valence electrons. The molecule has 0 aliphatic carbocycles. The third-order valence-electron chi connectivity index (χ3n) is 0. The van der Waals surface area contributed by atoms with Gasteiger partial charge in [-0.2, -0.15) is 0 Å². The van der Waals surface area contributed by atoms with Crippen molar-refractivity contribution in [2.24, 2.45) is 0 Å². The minimum Gasteiger partial charge on any atom is 0 e. The van der Waals surface area contributed by atoms with Crippen LogP contribution in [0, 0.1) is 0 Å². The normalized spacial score (nSPS) is 7.20. The van der Waals surface area contributed by atoms with Gasteiger partial charge in [-0.1, -0.05) is 0 Å². The Bertz CT molecular complexity index is 11.6. The average Bonchev–Trinajstić information content (AvgIpc) is 0.811. The topological polar surface area (TPSA) is 0 Å².